The number of fused-ring (bicyclic) bond motifs is 1. The van der Waals surface area contributed by atoms with Gasteiger partial charge in [0.15, 0.2) is 11.6 Å². The van der Waals surface area contributed by atoms with Crippen LogP contribution in [0.1, 0.15) is 55.1 Å². The number of rotatable bonds is 7. The molecule has 0 aliphatic carbocycles. The Balaban J connectivity index is 0.000000342. The summed E-state index contributed by atoms with van der Waals surface area (Å²) < 4.78 is 24.9. The van der Waals surface area contributed by atoms with Crippen LogP contribution in [0.2, 0.25) is 0 Å². The van der Waals surface area contributed by atoms with Crippen molar-refractivity contribution in [2.24, 2.45) is 0 Å². The third-order valence-electron chi connectivity index (χ3n) is 6.76. The maximum absolute atomic E-state index is 14.2. The molecule has 198 valence electrons. The first-order chi connectivity index (χ1) is 18.0. The van der Waals surface area contributed by atoms with Crippen molar-refractivity contribution in [2.75, 3.05) is 45.7 Å². The minimum absolute atomic E-state index is 0.0689. The Hall–Kier alpha value is -3.59. The van der Waals surface area contributed by atoms with Gasteiger partial charge >= 0.3 is 0 Å². The molecule has 1 fully saturated rings. The van der Waals surface area contributed by atoms with Crippen molar-refractivity contribution in [1.82, 2.24) is 20.2 Å². The van der Waals surface area contributed by atoms with Gasteiger partial charge in [0.25, 0.3) is 5.91 Å². The van der Waals surface area contributed by atoms with E-state index < -0.39 is 5.82 Å². The maximum atomic E-state index is 14.2. The molecule has 3 aromatic rings. The average Bonchev–Trinajstić information content (AvgIpc) is 3.56. The SMILES string of the molecule is CCCN1CCCC1.COc1cnccc1-c1[nH]c2c(c1Nc1cccc(F)c1OC)C(=O)NCC2C. The van der Waals surface area contributed by atoms with E-state index in [1.807, 2.05) is 6.92 Å². The third-order valence-corrected chi connectivity index (χ3v) is 6.76. The van der Waals surface area contributed by atoms with Gasteiger partial charge < -0.3 is 30.0 Å². The molecule has 1 saturated heterocycles. The molecule has 1 atom stereocenters. The van der Waals surface area contributed by atoms with Crippen LogP contribution in [0.15, 0.2) is 36.7 Å². The lowest BCUT2D eigenvalue weighted by atomic mass is 9.98. The number of likely N-dealkylation sites (tertiary alicyclic amines) is 1. The number of para-hydroxylation sites is 1. The highest BCUT2D eigenvalue weighted by Crippen LogP contribution is 2.43. The number of amides is 1. The van der Waals surface area contributed by atoms with Crippen LogP contribution in [-0.2, 0) is 0 Å². The van der Waals surface area contributed by atoms with E-state index in [-0.39, 0.29) is 17.6 Å². The number of carbonyl (C=O) groups excluding carboxylic acids is 1. The fourth-order valence-electron chi connectivity index (χ4n) is 4.91. The van der Waals surface area contributed by atoms with Crippen molar-refractivity contribution < 1.29 is 18.7 Å². The topological polar surface area (TPSA) is 91.5 Å². The molecule has 1 aromatic carbocycles. The summed E-state index contributed by atoms with van der Waals surface area (Å²) in [6.07, 6.45) is 7.43. The van der Waals surface area contributed by atoms with Gasteiger partial charge in [0.1, 0.15) is 5.75 Å². The molecule has 9 heteroatoms. The van der Waals surface area contributed by atoms with E-state index >= 15 is 0 Å². The first-order valence-corrected chi connectivity index (χ1v) is 12.8. The number of pyridine rings is 1. The smallest absolute Gasteiger partial charge is 0.255 e. The first-order valence-electron chi connectivity index (χ1n) is 12.8. The number of aromatic amines is 1. The molecule has 0 saturated carbocycles. The molecule has 37 heavy (non-hydrogen) atoms. The minimum Gasteiger partial charge on any atom is -0.494 e. The molecule has 8 nitrogen and oxygen atoms in total. The second-order valence-electron chi connectivity index (χ2n) is 9.35. The summed E-state index contributed by atoms with van der Waals surface area (Å²) in [5.41, 5.74) is 3.62. The number of benzene rings is 1. The minimum atomic E-state index is -0.497. The van der Waals surface area contributed by atoms with Crippen LogP contribution in [0.25, 0.3) is 11.3 Å². The van der Waals surface area contributed by atoms with Crippen molar-refractivity contribution in [3.63, 3.8) is 0 Å². The molecule has 2 aliphatic heterocycles. The lowest BCUT2D eigenvalue weighted by molar-refractivity contribution is 0.0942. The van der Waals surface area contributed by atoms with E-state index in [0.717, 1.165) is 11.3 Å². The summed E-state index contributed by atoms with van der Waals surface area (Å²) in [5, 5.41) is 6.11. The molecule has 1 unspecified atom stereocenters. The van der Waals surface area contributed by atoms with E-state index in [2.05, 4.69) is 32.4 Å². The summed E-state index contributed by atoms with van der Waals surface area (Å²) in [7, 11) is 2.96. The number of H-pyrrole nitrogens is 1. The molecule has 0 radical (unpaired) electrons. The molecular formula is C28H36FN5O3. The van der Waals surface area contributed by atoms with Gasteiger partial charge in [-0.3, -0.25) is 9.78 Å². The van der Waals surface area contributed by atoms with Gasteiger partial charge in [-0.25, -0.2) is 4.39 Å². The van der Waals surface area contributed by atoms with Crippen LogP contribution >= 0.6 is 0 Å². The number of hydrogen-bond acceptors (Lipinski definition) is 6. The second-order valence-corrected chi connectivity index (χ2v) is 9.35. The second kappa shape index (κ2) is 12.1. The van der Waals surface area contributed by atoms with E-state index in [4.69, 9.17) is 9.47 Å². The Bertz CT molecular complexity index is 1220. The van der Waals surface area contributed by atoms with Gasteiger partial charge in [0.2, 0.25) is 0 Å². The zero-order chi connectivity index (χ0) is 26.4. The zero-order valence-corrected chi connectivity index (χ0v) is 22.0. The highest BCUT2D eigenvalue weighted by atomic mass is 19.1. The van der Waals surface area contributed by atoms with Crippen molar-refractivity contribution in [3.05, 3.63) is 53.7 Å². The largest absolute Gasteiger partial charge is 0.494 e. The number of nitrogens with zero attached hydrogens (tertiary/aromatic N) is 2. The normalized spacial score (nSPS) is 16.9. The highest BCUT2D eigenvalue weighted by Gasteiger charge is 2.32. The van der Waals surface area contributed by atoms with Gasteiger partial charge in [-0.2, -0.15) is 0 Å². The van der Waals surface area contributed by atoms with Gasteiger partial charge in [0.05, 0.1) is 43.0 Å². The predicted molar refractivity (Wildman–Crippen MR) is 144 cm³/mol. The Morgan fingerprint density at radius 1 is 1.19 bits per heavy atom. The molecule has 4 heterocycles. The van der Waals surface area contributed by atoms with E-state index in [0.29, 0.717) is 34.9 Å². The highest BCUT2D eigenvalue weighted by molar-refractivity contribution is 6.07. The molecule has 0 bridgehead atoms. The molecule has 3 N–H and O–H groups in total. The van der Waals surface area contributed by atoms with Crippen LogP contribution in [0, 0.1) is 5.82 Å². The van der Waals surface area contributed by atoms with Crippen molar-refractivity contribution in [1.29, 1.82) is 0 Å². The van der Waals surface area contributed by atoms with E-state index in [1.54, 1.807) is 37.7 Å². The number of aromatic nitrogens is 2. The monoisotopic (exact) mass is 509 g/mol. The lowest BCUT2D eigenvalue weighted by Gasteiger charge is -2.20. The van der Waals surface area contributed by atoms with Gasteiger partial charge in [0, 0.05) is 29.9 Å². The molecule has 2 aliphatic rings. The standard InChI is InChI=1S/C21H21FN4O3.C7H15N/c1-11-9-24-21(27)16-17(11)26-18(12-7-8-23-10-15(12)28-2)19(16)25-14-6-4-5-13(22)20(14)29-3;1-2-5-8-6-3-4-7-8/h4-8,10-11,25-26H,9H2,1-3H3,(H,24,27);2-7H2,1H3. The van der Waals surface area contributed by atoms with Crippen molar-refractivity contribution in [3.8, 4) is 22.8 Å². The summed E-state index contributed by atoms with van der Waals surface area (Å²) in [5.74, 6) is 0.00118. The van der Waals surface area contributed by atoms with Crippen molar-refractivity contribution >= 4 is 17.3 Å². The quantitative estimate of drug-likeness (QED) is 0.400. The number of halogens is 1. The van der Waals surface area contributed by atoms with Crippen LogP contribution < -0.4 is 20.1 Å². The van der Waals surface area contributed by atoms with Gasteiger partial charge in [-0.1, -0.05) is 19.9 Å². The molecule has 2 aromatic heterocycles. The molecule has 0 spiro atoms. The Morgan fingerprint density at radius 2 is 1.97 bits per heavy atom. The van der Waals surface area contributed by atoms with Crippen LogP contribution in [0.5, 0.6) is 11.5 Å². The van der Waals surface area contributed by atoms with Crippen molar-refractivity contribution in [2.45, 2.75) is 39.0 Å². The average molecular weight is 510 g/mol. The fraction of sp³-hybridized carbons (Fsp3) is 0.429. The maximum Gasteiger partial charge on any atom is 0.255 e. The van der Waals surface area contributed by atoms with E-state index in [9.17, 15) is 9.18 Å². The number of ether oxygens (including phenoxy) is 2. The summed E-state index contributed by atoms with van der Waals surface area (Å²) in [6.45, 7) is 8.83. The third kappa shape index (κ3) is 5.72. The van der Waals surface area contributed by atoms with Gasteiger partial charge in [-0.15, -0.1) is 0 Å². The molecular weight excluding hydrogens is 473 g/mol. The number of methoxy groups -OCH3 is 2. The molecule has 5 rings (SSSR count). The summed E-state index contributed by atoms with van der Waals surface area (Å²) in [6, 6.07) is 6.39. The number of nitrogens with one attached hydrogen (secondary N) is 3. The number of carbonyl (C=O) groups is 1. The Kier molecular flexibility index (Phi) is 8.66. The van der Waals surface area contributed by atoms with Crippen LogP contribution in [0.4, 0.5) is 15.8 Å². The van der Waals surface area contributed by atoms with Gasteiger partial charge in [-0.05, 0) is 57.1 Å². The van der Waals surface area contributed by atoms with E-state index in [1.165, 1.54) is 52.1 Å². The summed E-state index contributed by atoms with van der Waals surface area (Å²) in [4.78, 5) is 22.8. The Labute approximate surface area is 217 Å². The number of anilines is 2. The first kappa shape index (κ1) is 26.5. The predicted octanol–water partition coefficient (Wildman–Crippen LogP) is 5.32. The molecule has 1 amide bonds. The summed E-state index contributed by atoms with van der Waals surface area (Å²) >= 11 is 0. The Morgan fingerprint density at radius 3 is 2.68 bits per heavy atom. The number of hydrogen-bond donors (Lipinski definition) is 3. The fourth-order valence-corrected chi connectivity index (χ4v) is 4.91. The van der Waals surface area contributed by atoms with Crippen LogP contribution in [-0.4, -0.2) is 61.2 Å². The lowest BCUT2D eigenvalue weighted by Crippen LogP contribution is -2.33. The zero-order valence-electron chi connectivity index (χ0n) is 22.0. The van der Waals surface area contributed by atoms with Crippen LogP contribution in [0.3, 0.4) is 0 Å².